The predicted molar refractivity (Wildman–Crippen MR) is 121 cm³/mol. The smallest absolute Gasteiger partial charge is 0.405 e. The number of nitrogens with one attached hydrogen (secondary N) is 4. The van der Waals surface area contributed by atoms with Crippen molar-refractivity contribution in [3.05, 3.63) is 71.5 Å². The second-order valence-electron chi connectivity index (χ2n) is 7.67. The SMILES string of the molecule is O=C(O)NC(C(=O)NCC(=O)N1c2ccccc2C[C@H]1C(=O)NCc1nn[nH]n1)c1ccccc1. The zero-order chi connectivity index (χ0) is 24.8. The van der Waals surface area contributed by atoms with E-state index in [0.29, 0.717) is 17.7 Å². The molecule has 0 saturated heterocycles. The predicted octanol–water partition coefficient (Wildman–Crippen LogP) is -0.101. The topological polar surface area (TPSA) is 182 Å². The first-order valence-electron chi connectivity index (χ1n) is 10.7. The van der Waals surface area contributed by atoms with Gasteiger partial charge in [-0.2, -0.15) is 5.21 Å². The number of benzene rings is 2. The molecule has 0 bridgehead atoms. The van der Waals surface area contributed by atoms with E-state index in [9.17, 15) is 19.2 Å². The summed E-state index contributed by atoms with van der Waals surface area (Å²) in [5.41, 5.74) is 1.79. The molecular formula is C22H22N8O5. The van der Waals surface area contributed by atoms with Crippen molar-refractivity contribution in [3.8, 4) is 0 Å². The van der Waals surface area contributed by atoms with Crippen LogP contribution in [-0.4, -0.2) is 62.1 Å². The van der Waals surface area contributed by atoms with E-state index in [1.54, 1.807) is 42.5 Å². The average Bonchev–Trinajstić information content (AvgIpc) is 3.52. The van der Waals surface area contributed by atoms with Crippen molar-refractivity contribution < 1.29 is 24.3 Å². The summed E-state index contributed by atoms with van der Waals surface area (Å²) in [5, 5.41) is 29.8. The van der Waals surface area contributed by atoms with Crippen LogP contribution in [-0.2, 0) is 27.3 Å². The Morgan fingerprint density at radius 2 is 1.80 bits per heavy atom. The molecule has 180 valence electrons. The molecule has 1 aliphatic rings. The van der Waals surface area contributed by atoms with Gasteiger partial charge in [-0.25, -0.2) is 4.79 Å². The van der Waals surface area contributed by atoms with Crippen LogP contribution >= 0.6 is 0 Å². The fraction of sp³-hybridized carbons (Fsp3) is 0.227. The number of nitrogens with zero attached hydrogens (tertiary/aromatic N) is 4. The third-order valence-corrected chi connectivity index (χ3v) is 5.43. The van der Waals surface area contributed by atoms with Gasteiger partial charge < -0.3 is 21.1 Å². The minimum absolute atomic E-state index is 0.0283. The maximum atomic E-state index is 13.2. The normalized spacial score (nSPS) is 15.1. The number of hydrogen-bond acceptors (Lipinski definition) is 7. The van der Waals surface area contributed by atoms with Crippen molar-refractivity contribution >= 4 is 29.5 Å². The lowest BCUT2D eigenvalue weighted by Crippen LogP contribution is -2.51. The lowest BCUT2D eigenvalue weighted by Gasteiger charge is -2.25. The van der Waals surface area contributed by atoms with E-state index in [-0.39, 0.29) is 12.4 Å². The first kappa shape index (κ1) is 23.4. The number of aromatic amines is 1. The van der Waals surface area contributed by atoms with Crippen LogP contribution in [0, 0.1) is 0 Å². The molecular weight excluding hydrogens is 456 g/mol. The number of amides is 4. The molecule has 35 heavy (non-hydrogen) atoms. The van der Waals surface area contributed by atoms with E-state index in [2.05, 4.69) is 36.6 Å². The maximum absolute atomic E-state index is 13.2. The van der Waals surface area contributed by atoms with Gasteiger partial charge >= 0.3 is 6.09 Å². The Morgan fingerprint density at radius 1 is 1.06 bits per heavy atom. The van der Waals surface area contributed by atoms with Gasteiger partial charge in [0.15, 0.2) is 5.82 Å². The van der Waals surface area contributed by atoms with Crippen molar-refractivity contribution in [3.63, 3.8) is 0 Å². The number of carboxylic acid groups (broad SMARTS) is 1. The highest BCUT2D eigenvalue weighted by Crippen LogP contribution is 2.32. The molecule has 2 heterocycles. The molecule has 1 aromatic heterocycles. The summed E-state index contributed by atoms with van der Waals surface area (Å²) in [6.07, 6.45) is -1.09. The standard InChI is InChI=1S/C22H22N8O5/c31-18(12-24-21(33)19(25-22(34)35)13-6-2-1-3-7-13)30-15-9-5-4-8-14(15)10-16(30)20(32)23-11-17-26-28-29-27-17/h1-9,16,19,25H,10-12H2,(H,23,32)(H,24,33)(H,34,35)(H,26,27,28,29)/t16-,19?/m0/s1. The van der Waals surface area contributed by atoms with Gasteiger partial charge in [-0.1, -0.05) is 53.7 Å². The van der Waals surface area contributed by atoms with E-state index >= 15 is 0 Å². The lowest BCUT2D eigenvalue weighted by atomic mass is 10.1. The summed E-state index contributed by atoms with van der Waals surface area (Å²) in [5.74, 6) is -1.35. The molecule has 4 amide bonds. The Morgan fingerprint density at radius 3 is 2.51 bits per heavy atom. The highest BCUT2D eigenvalue weighted by molar-refractivity contribution is 6.05. The van der Waals surface area contributed by atoms with Crippen LogP contribution in [0.3, 0.4) is 0 Å². The van der Waals surface area contributed by atoms with Gasteiger partial charge in [0.1, 0.15) is 12.1 Å². The molecule has 5 N–H and O–H groups in total. The van der Waals surface area contributed by atoms with Gasteiger partial charge in [-0.3, -0.25) is 19.3 Å². The highest BCUT2D eigenvalue weighted by Gasteiger charge is 2.38. The van der Waals surface area contributed by atoms with Crippen LogP contribution in [0.4, 0.5) is 10.5 Å². The summed E-state index contributed by atoms with van der Waals surface area (Å²) in [4.78, 5) is 51.5. The fourth-order valence-electron chi connectivity index (χ4n) is 3.86. The Labute approximate surface area is 198 Å². The van der Waals surface area contributed by atoms with Gasteiger partial charge in [-0.15, -0.1) is 10.2 Å². The number of anilines is 1. The quantitative estimate of drug-likeness (QED) is 0.297. The van der Waals surface area contributed by atoms with E-state index in [1.165, 1.54) is 4.90 Å². The van der Waals surface area contributed by atoms with Crippen LogP contribution < -0.4 is 20.9 Å². The number of aromatic nitrogens is 4. The summed E-state index contributed by atoms with van der Waals surface area (Å²) in [7, 11) is 0. The molecule has 2 aromatic carbocycles. The second-order valence-corrected chi connectivity index (χ2v) is 7.67. The first-order valence-corrected chi connectivity index (χ1v) is 10.7. The molecule has 2 atom stereocenters. The van der Waals surface area contributed by atoms with Crippen molar-refractivity contribution in [2.45, 2.75) is 25.0 Å². The molecule has 13 nitrogen and oxygen atoms in total. The van der Waals surface area contributed by atoms with E-state index < -0.39 is 42.4 Å². The molecule has 4 rings (SSSR count). The minimum Gasteiger partial charge on any atom is -0.465 e. The first-order chi connectivity index (χ1) is 16.9. The van der Waals surface area contributed by atoms with E-state index in [1.807, 2.05) is 12.1 Å². The molecule has 0 aliphatic carbocycles. The Hall–Kier alpha value is -4.81. The third-order valence-electron chi connectivity index (χ3n) is 5.43. The average molecular weight is 478 g/mol. The van der Waals surface area contributed by atoms with E-state index in [4.69, 9.17) is 5.11 Å². The summed E-state index contributed by atoms with van der Waals surface area (Å²) >= 11 is 0. The van der Waals surface area contributed by atoms with Gasteiger partial charge in [0.25, 0.3) is 0 Å². The van der Waals surface area contributed by atoms with Crippen LogP contribution in [0.2, 0.25) is 0 Å². The van der Waals surface area contributed by atoms with Crippen LogP contribution in [0.5, 0.6) is 0 Å². The van der Waals surface area contributed by atoms with Crippen LogP contribution in [0.1, 0.15) is 23.0 Å². The summed E-state index contributed by atoms with van der Waals surface area (Å²) in [6, 6.07) is 13.3. The number of fused-ring (bicyclic) bond motifs is 1. The molecule has 0 saturated carbocycles. The molecule has 0 fully saturated rings. The fourth-order valence-corrected chi connectivity index (χ4v) is 3.86. The largest absolute Gasteiger partial charge is 0.465 e. The Bertz CT molecular complexity index is 1220. The summed E-state index contributed by atoms with van der Waals surface area (Å²) in [6.45, 7) is -0.410. The van der Waals surface area contributed by atoms with Crippen molar-refractivity contribution in [1.29, 1.82) is 0 Å². The van der Waals surface area contributed by atoms with Crippen molar-refractivity contribution in [1.82, 2.24) is 36.6 Å². The number of carbonyl (C=O) groups is 4. The zero-order valence-electron chi connectivity index (χ0n) is 18.3. The zero-order valence-corrected chi connectivity index (χ0v) is 18.3. The molecule has 1 unspecified atom stereocenters. The molecule has 0 spiro atoms. The van der Waals surface area contributed by atoms with Gasteiger partial charge in [-0.05, 0) is 17.2 Å². The van der Waals surface area contributed by atoms with Crippen LogP contribution in [0.15, 0.2) is 54.6 Å². The van der Waals surface area contributed by atoms with E-state index in [0.717, 1.165) is 5.56 Å². The Balaban J connectivity index is 1.46. The van der Waals surface area contributed by atoms with Crippen molar-refractivity contribution in [2.75, 3.05) is 11.4 Å². The lowest BCUT2D eigenvalue weighted by molar-refractivity contribution is -0.128. The molecule has 1 aliphatic heterocycles. The molecule has 13 heteroatoms. The molecule has 0 radical (unpaired) electrons. The highest BCUT2D eigenvalue weighted by atomic mass is 16.4. The number of tetrazole rings is 1. The van der Waals surface area contributed by atoms with Gasteiger partial charge in [0, 0.05) is 12.1 Å². The number of H-pyrrole nitrogens is 1. The van der Waals surface area contributed by atoms with Gasteiger partial charge in [0.2, 0.25) is 17.7 Å². The number of carbonyl (C=O) groups excluding carboxylic acids is 3. The second kappa shape index (κ2) is 10.4. The Kier molecular flexibility index (Phi) is 6.95. The van der Waals surface area contributed by atoms with Gasteiger partial charge in [0.05, 0.1) is 13.1 Å². The van der Waals surface area contributed by atoms with Crippen LogP contribution in [0.25, 0.3) is 0 Å². The molecule has 3 aromatic rings. The number of rotatable bonds is 8. The third kappa shape index (κ3) is 5.40. The van der Waals surface area contributed by atoms with Crippen molar-refractivity contribution in [2.24, 2.45) is 0 Å². The minimum atomic E-state index is -1.38. The number of para-hydroxylation sites is 1. The monoisotopic (exact) mass is 478 g/mol. The number of hydrogen-bond donors (Lipinski definition) is 5. The maximum Gasteiger partial charge on any atom is 0.405 e. The summed E-state index contributed by atoms with van der Waals surface area (Å²) < 4.78 is 0.